The van der Waals surface area contributed by atoms with E-state index in [1.54, 1.807) is 6.08 Å². The van der Waals surface area contributed by atoms with Crippen LogP contribution in [0.1, 0.15) is 47.1 Å². The lowest BCUT2D eigenvalue weighted by Crippen LogP contribution is -2.55. The van der Waals surface area contributed by atoms with E-state index in [2.05, 4.69) is 41.5 Å². The van der Waals surface area contributed by atoms with Crippen molar-refractivity contribution in [1.82, 2.24) is 4.90 Å². The van der Waals surface area contributed by atoms with E-state index in [4.69, 9.17) is 0 Å². The van der Waals surface area contributed by atoms with Gasteiger partial charge in [-0.05, 0) is 53.2 Å². The van der Waals surface area contributed by atoms with Crippen molar-refractivity contribution in [2.45, 2.75) is 52.6 Å². The fraction of sp³-hybridized carbons (Fsp3) is 0.471. The Labute approximate surface area is 117 Å². The molecule has 0 aliphatic rings. The number of carbonyl (C=O) groups is 1. The first-order valence-corrected chi connectivity index (χ1v) is 6.70. The number of amides is 1. The lowest BCUT2D eigenvalue weighted by molar-refractivity contribution is -0.137. The summed E-state index contributed by atoms with van der Waals surface area (Å²) >= 11 is 0. The molecule has 0 spiro atoms. The Kier molecular flexibility index (Phi) is 4.56. The van der Waals surface area contributed by atoms with Gasteiger partial charge in [-0.15, -0.1) is 0 Å². The summed E-state index contributed by atoms with van der Waals surface area (Å²) in [4.78, 5) is 14.4. The number of benzene rings is 1. The van der Waals surface area contributed by atoms with Crippen LogP contribution < -0.4 is 0 Å². The zero-order valence-corrected chi connectivity index (χ0v) is 12.9. The van der Waals surface area contributed by atoms with Crippen LogP contribution in [0.5, 0.6) is 0 Å². The highest BCUT2D eigenvalue weighted by Gasteiger charge is 2.34. The summed E-state index contributed by atoms with van der Waals surface area (Å²) in [6.45, 7) is 12.4. The van der Waals surface area contributed by atoms with Gasteiger partial charge in [-0.2, -0.15) is 0 Å². The summed E-state index contributed by atoms with van der Waals surface area (Å²) in [6.07, 6.45) is 3.53. The minimum Gasteiger partial charge on any atom is -0.329 e. The molecular weight excluding hydrogens is 234 g/mol. The van der Waals surface area contributed by atoms with Crippen LogP contribution in [0.4, 0.5) is 0 Å². The van der Waals surface area contributed by atoms with E-state index in [1.165, 1.54) is 0 Å². The molecule has 104 valence electrons. The SMILES string of the molecule is CC(C)(C)N(C(=O)/C=C/c1ccccc1)C(C)(C)C. The normalized spacial score (nSPS) is 12.7. The summed E-state index contributed by atoms with van der Waals surface area (Å²) in [5.74, 6) is 0.0452. The summed E-state index contributed by atoms with van der Waals surface area (Å²) < 4.78 is 0. The van der Waals surface area contributed by atoms with Crippen molar-refractivity contribution in [2.24, 2.45) is 0 Å². The molecule has 2 heteroatoms. The fourth-order valence-electron chi connectivity index (χ4n) is 2.47. The Morgan fingerprint density at radius 3 is 1.84 bits per heavy atom. The average Bonchev–Trinajstić information content (AvgIpc) is 2.24. The molecule has 0 unspecified atom stereocenters. The van der Waals surface area contributed by atoms with E-state index in [0.717, 1.165) is 5.56 Å². The van der Waals surface area contributed by atoms with E-state index in [9.17, 15) is 4.79 Å². The molecule has 0 aliphatic carbocycles. The first-order chi connectivity index (χ1) is 8.62. The smallest absolute Gasteiger partial charge is 0.247 e. The average molecular weight is 259 g/mol. The monoisotopic (exact) mass is 259 g/mol. The molecule has 0 saturated heterocycles. The second kappa shape index (κ2) is 5.60. The highest BCUT2D eigenvalue weighted by atomic mass is 16.2. The molecule has 1 aromatic carbocycles. The fourth-order valence-corrected chi connectivity index (χ4v) is 2.47. The second-order valence-electron chi connectivity index (χ2n) is 6.76. The lowest BCUT2D eigenvalue weighted by atomic mass is 9.95. The maximum absolute atomic E-state index is 12.4. The van der Waals surface area contributed by atoms with Crippen LogP contribution in [-0.4, -0.2) is 21.9 Å². The van der Waals surface area contributed by atoms with E-state index in [-0.39, 0.29) is 17.0 Å². The predicted octanol–water partition coefficient (Wildman–Crippen LogP) is 4.13. The van der Waals surface area contributed by atoms with E-state index < -0.39 is 0 Å². The molecule has 0 bridgehead atoms. The molecule has 2 nitrogen and oxygen atoms in total. The minimum atomic E-state index is -0.198. The second-order valence-corrected chi connectivity index (χ2v) is 6.76. The van der Waals surface area contributed by atoms with E-state index in [1.807, 2.05) is 41.3 Å². The topological polar surface area (TPSA) is 20.3 Å². The Balaban J connectivity index is 2.94. The van der Waals surface area contributed by atoms with Gasteiger partial charge < -0.3 is 4.90 Å². The number of carbonyl (C=O) groups excluding carboxylic acids is 1. The van der Waals surface area contributed by atoms with Crippen LogP contribution in [0.15, 0.2) is 36.4 Å². The van der Waals surface area contributed by atoms with Gasteiger partial charge in [0.25, 0.3) is 0 Å². The molecular formula is C17H25NO. The van der Waals surface area contributed by atoms with Crippen molar-refractivity contribution < 1.29 is 4.79 Å². The highest BCUT2D eigenvalue weighted by Crippen LogP contribution is 2.25. The molecule has 0 heterocycles. The van der Waals surface area contributed by atoms with Crippen molar-refractivity contribution >= 4 is 12.0 Å². The zero-order valence-electron chi connectivity index (χ0n) is 12.9. The van der Waals surface area contributed by atoms with Crippen molar-refractivity contribution in [1.29, 1.82) is 0 Å². The van der Waals surface area contributed by atoms with Crippen molar-refractivity contribution in [2.75, 3.05) is 0 Å². The van der Waals surface area contributed by atoms with E-state index in [0.29, 0.717) is 0 Å². The molecule has 1 amide bonds. The highest BCUT2D eigenvalue weighted by molar-refractivity contribution is 5.92. The van der Waals surface area contributed by atoms with Gasteiger partial charge in [0.2, 0.25) is 5.91 Å². The molecule has 0 saturated carbocycles. The number of hydrogen-bond donors (Lipinski definition) is 0. The molecule has 19 heavy (non-hydrogen) atoms. The van der Waals surface area contributed by atoms with Crippen molar-refractivity contribution in [3.05, 3.63) is 42.0 Å². The minimum absolute atomic E-state index is 0.0452. The number of hydrogen-bond acceptors (Lipinski definition) is 1. The van der Waals surface area contributed by atoms with Gasteiger partial charge in [0.15, 0.2) is 0 Å². The molecule has 0 N–H and O–H groups in total. The van der Waals surface area contributed by atoms with Crippen LogP contribution in [-0.2, 0) is 4.79 Å². The Morgan fingerprint density at radius 2 is 1.42 bits per heavy atom. The zero-order chi connectivity index (χ0) is 14.7. The van der Waals surface area contributed by atoms with Crippen molar-refractivity contribution in [3.63, 3.8) is 0 Å². The van der Waals surface area contributed by atoms with E-state index >= 15 is 0 Å². The molecule has 0 aromatic heterocycles. The van der Waals surface area contributed by atoms with Crippen molar-refractivity contribution in [3.8, 4) is 0 Å². The summed E-state index contributed by atoms with van der Waals surface area (Å²) in [5.41, 5.74) is 0.644. The predicted molar refractivity (Wildman–Crippen MR) is 81.8 cm³/mol. The Bertz CT molecular complexity index is 432. The van der Waals surface area contributed by atoms with Gasteiger partial charge in [-0.1, -0.05) is 30.3 Å². The van der Waals surface area contributed by atoms with Gasteiger partial charge in [-0.3, -0.25) is 4.79 Å². The largest absolute Gasteiger partial charge is 0.329 e. The lowest BCUT2D eigenvalue weighted by Gasteiger charge is -2.45. The van der Waals surface area contributed by atoms with Gasteiger partial charge in [0.1, 0.15) is 0 Å². The molecule has 1 aromatic rings. The summed E-state index contributed by atoms with van der Waals surface area (Å²) in [5, 5.41) is 0. The van der Waals surface area contributed by atoms with Gasteiger partial charge in [0, 0.05) is 17.2 Å². The molecule has 0 aliphatic heterocycles. The molecule has 0 fully saturated rings. The summed E-state index contributed by atoms with van der Waals surface area (Å²) in [7, 11) is 0. The summed E-state index contributed by atoms with van der Waals surface area (Å²) in [6, 6.07) is 9.88. The maximum atomic E-state index is 12.4. The Morgan fingerprint density at radius 1 is 0.947 bits per heavy atom. The van der Waals surface area contributed by atoms with Crippen LogP contribution in [0.2, 0.25) is 0 Å². The first kappa shape index (κ1) is 15.5. The van der Waals surface area contributed by atoms with Crippen LogP contribution >= 0.6 is 0 Å². The van der Waals surface area contributed by atoms with Crippen LogP contribution in [0.3, 0.4) is 0 Å². The quantitative estimate of drug-likeness (QED) is 0.731. The van der Waals surface area contributed by atoms with Crippen LogP contribution in [0, 0.1) is 0 Å². The molecule has 0 radical (unpaired) electrons. The molecule has 1 rings (SSSR count). The standard InChI is InChI=1S/C17H25NO/c1-16(2,3)18(17(4,5)6)15(19)13-12-14-10-8-7-9-11-14/h7-13H,1-6H3/b13-12+. The number of rotatable bonds is 2. The first-order valence-electron chi connectivity index (χ1n) is 6.70. The van der Waals surface area contributed by atoms with Gasteiger partial charge in [0.05, 0.1) is 0 Å². The third kappa shape index (κ3) is 4.55. The molecule has 0 atom stereocenters. The maximum Gasteiger partial charge on any atom is 0.247 e. The van der Waals surface area contributed by atoms with Gasteiger partial charge >= 0.3 is 0 Å². The van der Waals surface area contributed by atoms with Crippen LogP contribution in [0.25, 0.3) is 6.08 Å². The van der Waals surface area contributed by atoms with Gasteiger partial charge in [-0.25, -0.2) is 0 Å². The third-order valence-corrected chi connectivity index (χ3v) is 2.78. The Hall–Kier alpha value is -1.57. The third-order valence-electron chi connectivity index (χ3n) is 2.78. The number of nitrogens with zero attached hydrogens (tertiary/aromatic N) is 1.